The van der Waals surface area contributed by atoms with E-state index in [4.69, 9.17) is 5.11 Å². The Morgan fingerprint density at radius 3 is 2.59 bits per heavy atom. The van der Waals surface area contributed by atoms with Crippen molar-refractivity contribution in [3.63, 3.8) is 0 Å². The Hall–Kier alpha value is -1.89. The first-order valence-electron chi connectivity index (χ1n) is 5.18. The second kappa shape index (κ2) is 6.00. The van der Waals surface area contributed by atoms with Crippen LogP contribution in [0.15, 0.2) is 12.2 Å². The van der Waals surface area contributed by atoms with Gasteiger partial charge >= 0.3 is 12.0 Å². The third kappa shape index (κ3) is 5.12. The number of likely N-dealkylation sites (tertiary alicyclic amines) is 1. The molecule has 1 rings (SSSR count). The average Bonchev–Trinajstić information content (AvgIpc) is 2.60. The molecule has 0 saturated carbocycles. The summed E-state index contributed by atoms with van der Waals surface area (Å²) in [4.78, 5) is 34.6. The van der Waals surface area contributed by atoms with Crippen LogP contribution < -0.4 is 10.6 Å². The van der Waals surface area contributed by atoms with Crippen molar-refractivity contribution in [3.05, 3.63) is 12.2 Å². The van der Waals surface area contributed by atoms with Gasteiger partial charge in [0, 0.05) is 24.7 Å². The maximum absolute atomic E-state index is 11.3. The first-order valence-corrected chi connectivity index (χ1v) is 5.18. The van der Waals surface area contributed by atoms with Gasteiger partial charge in [-0.05, 0) is 20.0 Å². The normalized spacial score (nSPS) is 20.4. The van der Waals surface area contributed by atoms with Crippen LogP contribution in [0.4, 0.5) is 4.79 Å². The summed E-state index contributed by atoms with van der Waals surface area (Å²) in [7, 11) is 1.94. The number of nitrogens with one attached hydrogen (secondary N) is 2. The highest BCUT2D eigenvalue weighted by Gasteiger charge is 2.21. The van der Waals surface area contributed by atoms with Crippen molar-refractivity contribution in [2.45, 2.75) is 12.5 Å². The second-order valence-corrected chi connectivity index (χ2v) is 3.88. The summed E-state index contributed by atoms with van der Waals surface area (Å²) >= 11 is 0. The molecule has 1 unspecified atom stereocenters. The van der Waals surface area contributed by atoms with Gasteiger partial charge in [0.2, 0.25) is 0 Å². The summed E-state index contributed by atoms with van der Waals surface area (Å²) in [5, 5.41) is 12.9. The molecule has 3 amide bonds. The minimum atomic E-state index is -1.24. The van der Waals surface area contributed by atoms with Crippen molar-refractivity contribution in [2.24, 2.45) is 0 Å². The van der Waals surface area contributed by atoms with E-state index >= 15 is 0 Å². The molecule has 1 atom stereocenters. The molecular formula is C10H15N3O4. The first-order chi connectivity index (χ1) is 7.97. The van der Waals surface area contributed by atoms with Gasteiger partial charge in [-0.1, -0.05) is 0 Å². The molecule has 1 aliphatic heterocycles. The lowest BCUT2D eigenvalue weighted by Crippen LogP contribution is -2.44. The lowest BCUT2D eigenvalue weighted by molar-refractivity contribution is -0.131. The van der Waals surface area contributed by atoms with Gasteiger partial charge in [0.05, 0.1) is 0 Å². The zero-order valence-corrected chi connectivity index (χ0v) is 9.47. The van der Waals surface area contributed by atoms with Crippen molar-refractivity contribution < 1.29 is 19.5 Å². The quantitative estimate of drug-likeness (QED) is 0.559. The van der Waals surface area contributed by atoms with Crippen LogP contribution in [0.5, 0.6) is 0 Å². The van der Waals surface area contributed by atoms with Gasteiger partial charge in [0.25, 0.3) is 5.91 Å². The molecule has 1 saturated heterocycles. The second-order valence-electron chi connectivity index (χ2n) is 3.88. The zero-order chi connectivity index (χ0) is 12.8. The SMILES string of the molecule is CN1CCC(NC(=O)NC(=O)C=CC(=O)O)C1. The van der Waals surface area contributed by atoms with Gasteiger partial charge in [-0.2, -0.15) is 0 Å². The average molecular weight is 241 g/mol. The summed E-state index contributed by atoms with van der Waals surface area (Å²) in [6.45, 7) is 1.64. The standard InChI is InChI=1S/C10H15N3O4/c1-13-5-4-7(6-13)11-10(17)12-8(14)2-3-9(15)16/h2-3,7H,4-6H2,1H3,(H,15,16)(H2,11,12,14,17). The molecule has 7 nitrogen and oxygen atoms in total. The molecule has 1 fully saturated rings. The van der Waals surface area contributed by atoms with E-state index in [1.807, 2.05) is 12.4 Å². The Kier molecular flexibility index (Phi) is 4.65. The number of aliphatic carboxylic acids is 1. The molecule has 0 aromatic rings. The number of urea groups is 1. The molecule has 0 bridgehead atoms. The van der Waals surface area contributed by atoms with E-state index in [1.165, 1.54) is 0 Å². The predicted octanol–water partition coefficient (Wildman–Crippen LogP) is -0.843. The number of rotatable bonds is 3. The molecule has 0 aromatic heterocycles. The van der Waals surface area contributed by atoms with Crippen molar-refractivity contribution in [3.8, 4) is 0 Å². The Bertz CT molecular complexity index is 353. The van der Waals surface area contributed by atoms with Crippen LogP contribution >= 0.6 is 0 Å². The number of carboxylic acids is 1. The van der Waals surface area contributed by atoms with Crippen LogP contribution in [0.3, 0.4) is 0 Å². The van der Waals surface area contributed by atoms with Gasteiger partial charge in [-0.15, -0.1) is 0 Å². The van der Waals surface area contributed by atoms with E-state index in [1.54, 1.807) is 0 Å². The van der Waals surface area contributed by atoms with E-state index in [9.17, 15) is 14.4 Å². The van der Waals surface area contributed by atoms with Crippen LogP contribution in [0.25, 0.3) is 0 Å². The number of carboxylic acid groups (broad SMARTS) is 1. The van der Waals surface area contributed by atoms with Crippen molar-refractivity contribution >= 4 is 17.9 Å². The van der Waals surface area contributed by atoms with Gasteiger partial charge in [0.15, 0.2) is 0 Å². The van der Waals surface area contributed by atoms with Crippen molar-refractivity contribution in [1.82, 2.24) is 15.5 Å². The van der Waals surface area contributed by atoms with Gasteiger partial charge in [-0.3, -0.25) is 10.1 Å². The highest BCUT2D eigenvalue weighted by molar-refractivity contribution is 6.02. The smallest absolute Gasteiger partial charge is 0.328 e. The molecule has 94 valence electrons. The predicted molar refractivity (Wildman–Crippen MR) is 59.4 cm³/mol. The fourth-order valence-electron chi connectivity index (χ4n) is 1.57. The van der Waals surface area contributed by atoms with Crippen molar-refractivity contribution in [1.29, 1.82) is 0 Å². The molecule has 7 heteroatoms. The van der Waals surface area contributed by atoms with E-state index in [2.05, 4.69) is 10.2 Å². The van der Waals surface area contributed by atoms with Crippen LogP contribution in [0, 0.1) is 0 Å². The van der Waals surface area contributed by atoms with E-state index in [0.29, 0.717) is 6.08 Å². The number of hydrogen-bond acceptors (Lipinski definition) is 4. The highest BCUT2D eigenvalue weighted by Crippen LogP contribution is 2.05. The number of carbonyl (C=O) groups excluding carboxylic acids is 2. The lowest BCUT2D eigenvalue weighted by atomic mass is 10.3. The molecule has 17 heavy (non-hydrogen) atoms. The summed E-state index contributed by atoms with van der Waals surface area (Å²) in [5.74, 6) is -1.99. The molecule has 1 heterocycles. The minimum absolute atomic E-state index is 0.0243. The first kappa shape index (κ1) is 13.2. The van der Waals surface area contributed by atoms with Crippen LogP contribution in [-0.4, -0.2) is 54.1 Å². The molecule has 0 spiro atoms. The number of nitrogens with zero attached hydrogens (tertiary/aromatic N) is 1. The molecule has 0 radical (unpaired) electrons. The maximum Gasteiger partial charge on any atom is 0.328 e. The zero-order valence-electron chi connectivity index (χ0n) is 9.47. The molecule has 1 aliphatic rings. The monoisotopic (exact) mass is 241 g/mol. The maximum atomic E-state index is 11.3. The largest absolute Gasteiger partial charge is 0.478 e. The summed E-state index contributed by atoms with van der Waals surface area (Å²) in [6, 6.07) is -0.582. The minimum Gasteiger partial charge on any atom is -0.478 e. The topological polar surface area (TPSA) is 98.7 Å². The molecular weight excluding hydrogens is 226 g/mol. The summed E-state index contributed by atoms with van der Waals surface area (Å²) in [6.07, 6.45) is 2.30. The van der Waals surface area contributed by atoms with E-state index in [-0.39, 0.29) is 6.04 Å². The van der Waals surface area contributed by atoms with E-state index in [0.717, 1.165) is 25.6 Å². The fourth-order valence-corrected chi connectivity index (χ4v) is 1.57. The van der Waals surface area contributed by atoms with Gasteiger partial charge in [-0.25, -0.2) is 9.59 Å². The Labute approximate surface area is 98.5 Å². The molecule has 0 aromatic carbocycles. The number of imide groups is 1. The third-order valence-corrected chi connectivity index (χ3v) is 2.34. The van der Waals surface area contributed by atoms with Gasteiger partial charge in [0.1, 0.15) is 0 Å². The number of hydrogen-bond donors (Lipinski definition) is 3. The van der Waals surface area contributed by atoms with Crippen LogP contribution in [0.1, 0.15) is 6.42 Å². The highest BCUT2D eigenvalue weighted by atomic mass is 16.4. The van der Waals surface area contributed by atoms with Crippen LogP contribution in [0.2, 0.25) is 0 Å². The van der Waals surface area contributed by atoms with Crippen LogP contribution in [-0.2, 0) is 9.59 Å². The number of carbonyl (C=O) groups is 3. The number of likely N-dealkylation sites (N-methyl/N-ethyl adjacent to an activating group) is 1. The fraction of sp³-hybridized carbons (Fsp3) is 0.500. The summed E-state index contributed by atoms with van der Waals surface area (Å²) < 4.78 is 0. The summed E-state index contributed by atoms with van der Waals surface area (Å²) in [5.41, 5.74) is 0. The molecule has 0 aliphatic carbocycles. The van der Waals surface area contributed by atoms with Gasteiger partial charge < -0.3 is 15.3 Å². The third-order valence-electron chi connectivity index (χ3n) is 2.34. The Morgan fingerprint density at radius 2 is 2.06 bits per heavy atom. The Morgan fingerprint density at radius 1 is 1.35 bits per heavy atom. The Balaban J connectivity index is 2.29. The molecule has 3 N–H and O–H groups in total. The van der Waals surface area contributed by atoms with E-state index < -0.39 is 17.9 Å². The lowest BCUT2D eigenvalue weighted by Gasteiger charge is -2.12. The number of amides is 3. The van der Waals surface area contributed by atoms with Crippen molar-refractivity contribution in [2.75, 3.05) is 20.1 Å².